The molecule has 146 valence electrons. The van der Waals surface area contributed by atoms with E-state index in [1.54, 1.807) is 24.3 Å². The molecule has 1 aromatic carbocycles. The van der Waals surface area contributed by atoms with Crippen molar-refractivity contribution in [1.29, 1.82) is 0 Å². The fraction of sp³-hybridized carbons (Fsp3) is 0.579. The third kappa shape index (κ3) is 5.86. The largest absolute Gasteiger partial charge is 0.341 e. The minimum atomic E-state index is -0.499. The van der Waals surface area contributed by atoms with Gasteiger partial charge in [0.05, 0.1) is 0 Å². The Morgan fingerprint density at radius 2 is 1.96 bits per heavy atom. The number of hydrogen-bond acceptors (Lipinski definition) is 3. The Kier molecular flexibility index (Phi) is 9.41. The molecule has 0 spiro atoms. The second-order valence-electron chi connectivity index (χ2n) is 6.84. The topological polar surface area (TPSA) is 61.4 Å². The highest BCUT2D eigenvalue weighted by Crippen LogP contribution is 2.20. The summed E-state index contributed by atoms with van der Waals surface area (Å²) in [4.78, 5) is 27.4. The zero-order valence-electron chi connectivity index (χ0n) is 15.6. The van der Waals surface area contributed by atoms with Crippen molar-refractivity contribution in [1.82, 2.24) is 15.5 Å². The van der Waals surface area contributed by atoms with Crippen LogP contribution in [0.15, 0.2) is 24.3 Å². The average Bonchev–Trinajstić information content (AvgIpc) is 3.08. The van der Waals surface area contributed by atoms with E-state index in [0.29, 0.717) is 16.5 Å². The minimum absolute atomic E-state index is 0. The van der Waals surface area contributed by atoms with Gasteiger partial charge in [-0.3, -0.25) is 9.59 Å². The van der Waals surface area contributed by atoms with E-state index in [9.17, 15) is 9.59 Å². The number of hydrogen-bond donors (Lipinski definition) is 2. The van der Waals surface area contributed by atoms with E-state index in [2.05, 4.69) is 10.6 Å². The number of amides is 2. The maximum atomic E-state index is 13.0. The van der Waals surface area contributed by atoms with Gasteiger partial charge in [-0.1, -0.05) is 31.9 Å². The maximum Gasteiger partial charge on any atom is 0.251 e. The lowest BCUT2D eigenvalue weighted by Gasteiger charge is -2.28. The highest BCUT2D eigenvalue weighted by molar-refractivity contribution is 6.30. The summed E-state index contributed by atoms with van der Waals surface area (Å²) in [6.07, 6.45) is 1.83. The molecular formula is C19H29Cl2N3O2. The summed E-state index contributed by atoms with van der Waals surface area (Å²) in [5.41, 5.74) is 0.514. The lowest BCUT2D eigenvalue weighted by atomic mass is 9.97. The molecule has 2 N–H and O–H groups in total. The highest BCUT2D eigenvalue weighted by Gasteiger charge is 2.34. The summed E-state index contributed by atoms with van der Waals surface area (Å²) in [6, 6.07) is 6.21. The number of carbonyl (C=O) groups excluding carboxylic acids is 2. The zero-order valence-corrected chi connectivity index (χ0v) is 17.2. The van der Waals surface area contributed by atoms with Gasteiger partial charge in [-0.2, -0.15) is 0 Å². The second-order valence-corrected chi connectivity index (χ2v) is 7.28. The van der Waals surface area contributed by atoms with Crippen LogP contribution in [0.4, 0.5) is 0 Å². The van der Waals surface area contributed by atoms with Crippen molar-refractivity contribution in [2.24, 2.45) is 11.8 Å². The Balaban J connectivity index is 0.00000338. The molecule has 0 aromatic heterocycles. The van der Waals surface area contributed by atoms with E-state index in [4.69, 9.17) is 11.6 Å². The van der Waals surface area contributed by atoms with Gasteiger partial charge in [-0.15, -0.1) is 12.4 Å². The van der Waals surface area contributed by atoms with Gasteiger partial charge in [-0.25, -0.2) is 0 Å². The molecule has 3 atom stereocenters. The first-order valence-electron chi connectivity index (χ1n) is 8.96. The van der Waals surface area contributed by atoms with Crippen LogP contribution in [0.5, 0.6) is 0 Å². The fourth-order valence-electron chi connectivity index (χ4n) is 3.19. The molecule has 0 bridgehead atoms. The first kappa shape index (κ1) is 22.7. The molecule has 1 aliphatic rings. The lowest BCUT2D eigenvalue weighted by Crippen LogP contribution is -2.51. The van der Waals surface area contributed by atoms with E-state index in [1.807, 2.05) is 25.8 Å². The molecule has 1 fully saturated rings. The van der Waals surface area contributed by atoms with Gasteiger partial charge < -0.3 is 15.5 Å². The van der Waals surface area contributed by atoms with Gasteiger partial charge in [-0.05, 0) is 56.1 Å². The van der Waals surface area contributed by atoms with Crippen molar-refractivity contribution in [2.45, 2.75) is 32.7 Å². The Morgan fingerprint density at radius 1 is 1.31 bits per heavy atom. The molecule has 3 unspecified atom stereocenters. The molecular weight excluding hydrogens is 373 g/mol. The normalized spacial score (nSPS) is 18.8. The van der Waals surface area contributed by atoms with Gasteiger partial charge >= 0.3 is 0 Å². The number of nitrogens with one attached hydrogen (secondary N) is 2. The molecule has 1 heterocycles. The third-order valence-electron chi connectivity index (χ3n) is 4.96. The van der Waals surface area contributed by atoms with Crippen molar-refractivity contribution in [3.05, 3.63) is 34.9 Å². The summed E-state index contributed by atoms with van der Waals surface area (Å²) in [5.74, 6) is 0.349. The number of rotatable bonds is 7. The summed E-state index contributed by atoms with van der Waals surface area (Å²) in [6.45, 7) is 6.46. The molecule has 0 aliphatic carbocycles. The molecule has 1 aliphatic heterocycles. The van der Waals surface area contributed by atoms with Crippen LogP contribution in [0.1, 0.15) is 37.0 Å². The molecule has 2 rings (SSSR count). The van der Waals surface area contributed by atoms with Crippen LogP contribution < -0.4 is 10.6 Å². The Bertz CT molecular complexity index is 595. The monoisotopic (exact) mass is 401 g/mol. The standard InChI is InChI=1S/C19H28ClN3O2.ClH/c1-4-13(2)17(19(25)23-10-9-14(12-23)11-21-3)22-18(24)15-5-7-16(20)8-6-15;/h5-8,13-14,17,21H,4,9-12H2,1-3H3,(H,22,24);1H. The van der Waals surface area contributed by atoms with Crippen LogP contribution in [0.2, 0.25) is 5.02 Å². The maximum absolute atomic E-state index is 13.0. The first-order valence-corrected chi connectivity index (χ1v) is 9.33. The quantitative estimate of drug-likeness (QED) is 0.737. The predicted octanol–water partition coefficient (Wildman–Crippen LogP) is 2.97. The van der Waals surface area contributed by atoms with Crippen molar-refractivity contribution in [3.63, 3.8) is 0 Å². The summed E-state index contributed by atoms with van der Waals surface area (Å²) >= 11 is 5.87. The van der Waals surface area contributed by atoms with Gasteiger partial charge in [0.25, 0.3) is 5.91 Å². The summed E-state index contributed by atoms with van der Waals surface area (Å²) in [7, 11) is 1.93. The Hall–Kier alpha value is -1.30. The van der Waals surface area contributed by atoms with Crippen molar-refractivity contribution >= 4 is 35.8 Å². The summed E-state index contributed by atoms with van der Waals surface area (Å²) in [5, 5.41) is 6.69. The van der Waals surface area contributed by atoms with Crippen LogP contribution in [-0.4, -0.2) is 49.4 Å². The van der Waals surface area contributed by atoms with Crippen molar-refractivity contribution in [2.75, 3.05) is 26.7 Å². The first-order chi connectivity index (χ1) is 12.0. The number of benzene rings is 1. The number of likely N-dealkylation sites (tertiary alicyclic amines) is 1. The molecule has 2 amide bonds. The number of carbonyl (C=O) groups is 2. The second kappa shape index (κ2) is 10.8. The smallest absolute Gasteiger partial charge is 0.251 e. The molecule has 0 radical (unpaired) electrons. The van der Waals surface area contributed by atoms with Gasteiger partial charge in [0.15, 0.2) is 0 Å². The van der Waals surface area contributed by atoms with Crippen LogP contribution >= 0.6 is 24.0 Å². The number of halogens is 2. The molecule has 0 saturated carbocycles. The lowest BCUT2D eigenvalue weighted by molar-refractivity contribution is -0.133. The van der Waals surface area contributed by atoms with E-state index in [0.717, 1.165) is 32.5 Å². The Morgan fingerprint density at radius 3 is 2.54 bits per heavy atom. The van der Waals surface area contributed by atoms with Crippen LogP contribution in [0.25, 0.3) is 0 Å². The van der Waals surface area contributed by atoms with E-state index in [1.165, 1.54) is 0 Å². The van der Waals surface area contributed by atoms with Crippen molar-refractivity contribution in [3.8, 4) is 0 Å². The molecule has 7 heteroatoms. The van der Waals surface area contributed by atoms with Crippen molar-refractivity contribution < 1.29 is 9.59 Å². The highest BCUT2D eigenvalue weighted by atomic mass is 35.5. The zero-order chi connectivity index (χ0) is 18.4. The summed E-state index contributed by atoms with van der Waals surface area (Å²) < 4.78 is 0. The van der Waals surface area contributed by atoms with E-state index >= 15 is 0 Å². The van der Waals surface area contributed by atoms with Gasteiger partial charge in [0, 0.05) is 23.7 Å². The molecule has 1 saturated heterocycles. The van der Waals surface area contributed by atoms with Gasteiger partial charge in [0.2, 0.25) is 5.91 Å². The van der Waals surface area contributed by atoms with Crippen LogP contribution in [0.3, 0.4) is 0 Å². The average molecular weight is 402 g/mol. The molecule has 1 aromatic rings. The SMILES string of the molecule is CCC(C)C(NC(=O)c1ccc(Cl)cc1)C(=O)N1CCC(CNC)C1.Cl. The molecule has 5 nitrogen and oxygen atoms in total. The third-order valence-corrected chi connectivity index (χ3v) is 5.21. The Labute approximate surface area is 167 Å². The van der Waals surface area contributed by atoms with Crippen LogP contribution in [0, 0.1) is 11.8 Å². The minimum Gasteiger partial charge on any atom is -0.341 e. The fourth-order valence-corrected chi connectivity index (χ4v) is 3.32. The van der Waals surface area contributed by atoms with Gasteiger partial charge in [0.1, 0.15) is 6.04 Å². The van der Waals surface area contributed by atoms with E-state index in [-0.39, 0.29) is 30.1 Å². The van der Waals surface area contributed by atoms with E-state index < -0.39 is 6.04 Å². The van der Waals surface area contributed by atoms with Crippen LogP contribution in [-0.2, 0) is 4.79 Å². The number of nitrogens with zero attached hydrogens (tertiary/aromatic N) is 1. The molecule has 26 heavy (non-hydrogen) atoms. The predicted molar refractivity (Wildman–Crippen MR) is 108 cm³/mol.